The summed E-state index contributed by atoms with van der Waals surface area (Å²) >= 11 is 0. The van der Waals surface area contributed by atoms with Crippen LogP contribution in [0.3, 0.4) is 0 Å². The molecule has 11 aromatic rings. The molecule has 0 amide bonds. The third-order valence-corrected chi connectivity index (χ3v) is 10.3. The van der Waals surface area contributed by atoms with Crippen molar-refractivity contribution in [2.75, 3.05) is 0 Å². The van der Waals surface area contributed by atoms with E-state index in [1.165, 1.54) is 32.3 Å². The fourth-order valence-corrected chi connectivity index (χ4v) is 7.86. The number of hydrogen-bond donors (Lipinski definition) is 0. The minimum absolute atomic E-state index is 0.625. The molecule has 4 heteroatoms. The Morgan fingerprint density at radius 1 is 0.314 bits per heavy atom. The summed E-state index contributed by atoms with van der Waals surface area (Å²) in [6.45, 7) is 0. The van der Waals surface area contributed by atoms with Gasteiger partial charge < -0.3 is 4.42 Å². The number of para-hydroxylation sites is 1. The molecule has 11 rings (SSSR count). The number of aromatic nitrogens is 3. The lowest BCUT2D eigenvalue weighted by Crippen LogP contribution is -2.00. The molecule has 0 saturated heterocycles. The van der Waals surface area contributed by atoms with Gasteiger partial charge in [0.05, 0.1) is 0 Å². The molecule has 0 radical (unpaired) electrons. The first-order valence-corrected chi connectivity index (χ1v) is 17.2. The maximum Gasteiger partial charge on any atom is 0.164 e. The van der Waals surface area contributed by atoms with Crippen molar-refractivity contribution in [1.29, 1.82) is 0 Å². The van der Waals surface area contributed by atoms with Gasteiger partial charge in [-0.3, -0.25) is 0 Å². The summed E-state index contributed by atoms with van der Waals surface area (Å²) in [6.07, 6.45) is 0. The summed E-state index contributed by atoms with van der Waals surface area (Å²) in [7, 11) is 0. The van der Waals surface area contributed by atoms with Crippen molar-refractivity contribution >= 4 is 75.8 Å². The van der Waals surface area contributed by atoms with E-state index in [4.69, 9.17) is 19.4 Å². The Hall–Kier alpha value is -6.91. The van der Waals surface area contributed by atoms with E-state index in [-0.39, 0.29) is 0 Å². The molecule has 0 bridgehead atoms. The molecule has 0 spiro atoms. The minimum atomic E-state index is 0.625. The Balaban J connectivity index is 1.14. The lowest BCUT2D eigenvalue weighted by Gasteiger charge is -2.12. The smallest absolute Gasteiger partial charge is 0.164 e. The van der Waals surface area contributed by atoms with Gasteiger partial charge in [-0.1, -0.05) is 146 Å². The summed E-state index contributed by atoms with van der Waals surface area (Å²) in [5, 5.41) is 14.1. The van der Waals surface area contributed by atoms with E-state index in [0.29, 0.717) is 17.5 Å². The Morgan fingerprint density at radius 2 is 0.824 bits per heavy atom. The predicted octanol–water partition coefficient (Wildman–Crippen LogP) is 12.5. The van der Waals surface area contributed by atoms with Gasteiger partial charge in [0.1, 0.15) is 11.2 Å². The van der Waals surface area contributed by atoms with Crippen LogP contribution >= 0.6 is 0 Å². The van der Waals surface area contributed by atoms with Crippen molar-refractivity contribution in [2.24, 2.45) is 0 Å². The Kier molecular flexibility index (Phi) is 5.92. The molecule has 0 atom stereocenters. The van der Waals surface area contributed by atoms with Gasteiger partial charge in [-0.05, 0) is 66.7 Å². The number of fused-ring (bicyclic) bond motifs is 13. The first-order chi connectivity index (χ1) is 25.3. The highest BCUT2D eigenvalue weighted by Gasteiger charge is 2.18. The zero-order valence-electron chi connectivity index (χ0n) is 27.3. The molecule has 0 fully saturated rings. The second kappa shape index (κ2) is 10.8. The molecule has 9 aromatic carbocycles. The molecule has 0 aliphatic rings. The topological polar surface area (TPSA) is 51.8 Å². The predicted molar refractivity (Wildman–Crippen MR) is 211 cm³/mol. The molecule has 0 N–H and O–H groups in total. The van der Waals surface area contributed by atoms with Crippen LogP contribution in [0.25, 0.3) is 110 Å². The summed E-state index contributed by atoms with van der Waals surface area (Å²) in [6, 6.07) is 57.4. The summed E-state index contributed by atoms with van der Waals surface area (Å²) in [5.41, 5.74) is 4.58. The van der Waals surface area contributed by atoms with Gasteiger partial charge in [-0.25, -0.2) is 15.0 Å². The summed E-state index contributed by atoms with van der Waals surface area (Å²) < 4.78 is 6.51. The van der Waals surface area contributed by atoms with Crippen LogP contribution < -0.4 is 0 Å². The maximum atomic E-state index is 6.51. The number of benzene rings is 9. The normalized spacial score (nSPS) is 11.9. The average molecular weight is 650 g/mol. The second-order valence-corrected chi connectivity index (χ2v) is 13.2. The van der Waals surface area contributed by atoms with Crippen molar-refractivity contribution in [3.05, 3.63) is 164 Å². The molecule has 0 unspecified atom stereocenters. The second-order valence-electron chi connectivity index (χ2n) is 13.2. The van der Waals surface area contributed by atoms with Gasteiger partial charge in [0.15, 0.2) is 17.5 Å². The SMILES string of the molecule is c1ccc(-c2nc(-c3ccc4c(ccc5c6ccccc6ccc45)c3)nc(-c3ccc4c5ccccc5c5oc6ccccc6c5c4c3)n2)cc1. The van der Waals surface area contributed by atoms with Crippen molar-refractivity contribution in [3.8, 4) is 34.2 Å². The van der Waals surface area contributed by atoms with Crippen molar-refractivity contribution in [3.63, 3.8) is 0 Å². The molecular formula is C47H27N3O. The van der Waals surface area contributed by atoms with Gasteiger partial charge in [0.2, 0.25) is 0 Å². The summed E-state index contributed by atoms with van der Waals surface area (Å²) in [4.78, 5) is 15.3. The molecule has 0 aliphatic heterocycles. The molecule has 2 aromatic heterocycles. The quantitative estimate of drug-likeness (QED) is 0.179. The average Bonchev–Trinajstić information content (AvgIpc) is 3.61. The molecule has 0 aliphatic carbocycles. The van der Waals surface area contributed by atoms with Crippen molar-refractivity contribution < 1.29 is 4.42 Å². The highest BCUT2D eigenvalue weighted by Crippen LogP contribution is 2.42. The molecule has 2 heterocycles. The zero-order chi connectivity index (χ0) is 33.5. The number of furan rings is 1. The van der Waals surface area contributed by atoms with Crippen molar-refractivity contribution in [1.82, 2.24) is 15.0 Å². The first-order valence-electron chi connectivity index (χ1n) is 17.2. The van der Waals surface area contributed by atoms with Crippen LogP contribution in [-0.4, -0.2) is 15.0 Å². The van der Waals surface area contributed by atoms with E-state index in [9.17, 15) is 0 Å². The van der Waals surface area contributed by atoms with Crippen molar-refractivity contribution in [2.45, 2.75) is 0 Å². The highest BCUT2D eigenvalue weighted by molar-refractivity contribution is 6.30. The van der Waals surface area contributed by atoms with Gasteiger partial charge in [0, 0.05) is 32.8 Å². The maximum absolute atomic E-state index is 6.51. The van der Waals surface area contributed by atoms with Gasteiger partial charge in [0.25, 0.3) is 0 Å². The molecule has 236 valence electrons. The fraction of sp³-hybridized carbons (Fsp3) is 0. The van der Waals surface area contributed by atoms with E-state index in [0.717, 1.165) is 60.2 Å². The number of rotatable bonds is 3. The van der Waals surface area contributed by atoms with E-state index in [2.05, 4.69) is 121 Å². The lowest BCUT2D eigenvalue weighted by molar-refractivity contribution is 0.673. The van der Waals surface area contributed by atoms with Crippen LogP contribution in [-0.2, 0) is 0 Å². The van der Waals surface area contributed by atoms with E-state index >= 15 is 0 Å². The van der Waals surface area contributed by atoms with Crippen LogP contribution in [0.2, 0.25) is 0 Å². The third-order valence-electron chi connectivity index (χ3n) is 10.3. The molecule has 0 saturated carbocycles. The molecule has 4 nitrogen and oxygen atoms in total. The highest BCUT2D eigenvalue weighted by atomic mass is 16.3. The lowest BCUT2D eigenvalue weighted by atomic mass is 9.95. The number of nitrogens with zero attached hydrogens (tertiary/aromatic N) is 3. The largest absolute Gasteiger partial charge is 0.455 e. The first kappa shape index (κ1) is 28.0. The van der Waals surface area contributed by atoms with Gasteiger partial charge >= 0.3 is 0 Å². The third kappa shape index (κ3) is 4.30. The monoisotopic (exact) mass is 649 g/mol. The van der Waals surface area contributed by atoms with E-state index < -0.39 is 0 Å². The Bertz CT molecular complexity index is 3200. The van der Waals surface area contributed by atoms with Crippen LogP contribution in [0.15, 0.2) is 168 Å². The Morgan fingerprint density at radius 3 is 1.61 bits per heavy atom. The van der Waals surface area contributed by atoms with Gasteiger partial charge in [-0.2, -0.15) is 0 Å². The zero-order valence-corrected chi connectivity index (χ0v) is 27.3. The van der Waals surface area contributed by atoms with Crippen LogP contribution in [0.4, 0.5) is 0 Å². The molecular weight excluding hydrogens is 623 g/mol. The number of hydrogen-bond acceptors (Lipinski definition) is 4. The van der Waals surface area contributed by atoms with E-state index in [1.807, 2.05) is 42.5 Å². The molecule has 51 heavy (non-hydrogen) atoms. The summed E-state index contributed by atoms with van der Waals surface area (Å²) in [5.74, 6) is 1.90. The van der Waals surface area contributed by atoms with Crippen LogP contribution in [0, 0.1) is 0 Å². The fourth-order valence-electron chi connectivity index (χ4n) is 7.86. The van der Waals surface area contributed by atoms with E-state index in [1.54, 1.807) is 0 Å². The minimum Gasteiger partial charge on any atom is -0.455 e. The Labute approximate surface area is 292 Å². The van der Waals surface area contributed by atoms with Crippen LogP contribution in [0.5, 0.6) is 0 Å². The standard InChI is InChI=1S/C47H27N3O/c1-2-11-29(12-3-1)45-48-46(31-20-22-34-30(26-31)19-24-36-33-13-5-4-10-28(33)18-23-37(34)36)50-47(49-45)32-21-25-38-35-14-6-7-15-39(35)44-43(41(38)27-32)40-16-8-9-17-42(40)51-44/h1-27H. The van der Waals surface area contributed by atoms with Gasteiger partial charge in [-0.15, -0.1) is 0 Å². The van der Waals surface area contributed by atoms with Crippen LogP contribution in [0.1, 0.15) is 0 Å².